The Bertz CT molecular complexity index is 1000. The molecule has 0 aliphatic carbocycles. The monoisotopic (exact) mass is 398 g/mol. The maximum Gasteiger partial charge on any atom is 0.337 e. The number of imidazole rings is 1. The van der Waals surface area contributed by atoms with Crippen LogP contribution in [0.25, 0.3) is 11.2 Å². The van der Waals surface area contributed by atoms with Gasteiger partial charge in [-0.25, -0.2) is 9.78 Å². The van der Waals surface area contributed by atoms with Gasteiger partial charge in [-0.2, -0.15) is 9.97 Å². The number of anilines is 2. The molecule has 0 saturated heterocycles. The standard InChI is InChI=1S/C20H26N6O3/c1-4-5-6-9-22-17-16-18(25-20(21)24-17)23-12-26(16)11-14-8-7-13(19(27)29-3)10-15(14)28-2/h7-8,10,12H,4-6,9,11H2,1-3H3,(H3,21,22,24,25). The molecule has 9 nitrogen and oxygen atoms in total. The Morgan fingerprint density at radius 1 is 1.24 bits per heavy atom. The first-order valence-electron chi connectivity index (χ1n) is 9.54. The van der Waals surface area contributed by atoms with E-state index in [2.05, 4.69) is 27.2 Å². The lowest BCUT2D eigenvalue weighted by atomic mass is 10.1. The van der Waals surface area contributed by atoms with Gasteiger partial charge in [-0.1, -0.05) is 25.8 Å². The van der Waals surface area contributed by atoms with Crippen molar-refractivity contribution in [1.82, 2.24) is 19.5 Å². The van der Waals surface area contributed by atoms with E-state index < -0.39 is 5.97 Å². The van der Waals surface area contributed by atoms with Crippen LogP contribution in [-0.4, -0.2) is 46.3 Å². The molecular weight excluding hydrogens is 372 g/mol. The van der Waals surface area contributed by atoms with Crippen molar-refractivity contribution < 1.29 is 14.3 Å². The Balaban J connectivity index is 1.93. The molecule has 2 heterocycles. The number of nitrogens with one attached hydrogen (secondary N) is 1. The van der Waals surface area contributed by atoms with Gasteiger partial charge < -0.3 is 25.1 Å². The summed E-state index contributed by atoms with van der Waals surface area (Å²) < 4.78 is 12.2. The molecule has 0 amide bonds. The number of benzene rings is 1. The van der Waals surface area contributed by atoms with E-state index in [1.807, 2.05) is 10.6 Å². The van der Waals surface area contributed by atoms with Crippen LogP contribution in [-0.2, 0) is 11.3 Å². The second-order valence-corrected chi connectivity index (χ2v) is 6.63. The van der Waals surface area contributed by atoms with Crippen LogP contribution in [0.15, 0.2) is 24.5 Å². The number of hydrogen-bond donors (Lipinski definition) is 2. The van der Waals surface area contributed by atoms with Gasteiger partial charge in [-0.05, 0) is 18.6 Å². The van der Waals surface area contributed by atoms with Gasteiger partial charge in [0.1, 0.15) is 11.3 Å². The minimum absolute atomic E-state index is 0.181. The summed E-state index contributed by atoms with van der Waals surface area (Å²) in [6, 6.07) is 5.21. The molecule has 29 heavy (non-hydrogen) atoms. The summed E-state index contributed by atoms with van der Waals surface area (Å²) >= 11 is 0. The average Bonchev–Trinajstić information content (AvgIpc) is 3.13. The van der Waals surface area contributed by atoms with Crippen molar-refractivity contribution >= 4 is 28.9 Å². The van der Waals surface area contributed by atoms with Gasteiger partial charge in [-0.15, -0.1) is 0 Å². The molecule has 0 saturated carbocycles. The third-order valence-electron chi connectivity index (χ3n) is 4.61. The fraction of sp³-hybridized carbons (Fsp3) is 0.400. The molecule has 0 spiro atoms. The van der Waals surface area contributed by atoms with Crippen LogP contribution in [0, 0.1) is 0 Å². The molecule has 1 aromatic carbocycles. The van der Waals surface area contributed by atoms with E-state index in [1.165, 1.54) is 7.11 Å². The zero-order valence-electron chi connectivity index (χ0n) is 16.9. The molecule has 0 atom stereocenters. The highest BCUT2D eigenvalue weighted by molar-refractivity contribution is 5.90. The lowest BCUT2D eigenvalue weighted by Crippen LogP contribution is -2.10. The number of nitrogens with zero attached hydrogens (tertiary/aromatic N) is 4. The third-order valence-corrected chi connectivity index (χ3v) is 4.61. The van der Waals surface area contributed by atoms with Gasteiger partial charge in [0.2, 0.25) is 5.95 Å². The predicted molar refractivity (Wildman–Crippen MR) is 111 cm³/mol. The van der Waals surface area contributed by atoms with Gasteiger partial charge >= 0.3 is 5.97 Å². The van der Waals surface area contributed by atoms with E-state index >= 15 is 0 Å². The second-order valence-electron chi connectivity index (χ2n) is 6.63. The van der Waals surface area contributed by atoms with Crippen LogP contribution in [0.3, 0.4) is 0 Å². The van der Waals surface area contributed by atoms with Crippen molar-refractivity contribution in [3.8, 4) is 5.75 Å². The number of carbonyl (C=O) groups is 1. The molecule has 2 aromatic heterocycles. The van der Waals surface area contributed by atoms with E-state index in [0.717, 1.165) is 36.9 Å². The predicted octanol–water partition coefficient (Wildman–Crippen LogP) is 2.85. The van der Waals surface area contributed by atoms with Crippen molar-refractivity contribution in [3.63, 3.8) is 0 Å². The van der Waals surface area contributed by atoms with Crippen LogP contribution >= 0.6 is 0 Å². The Morgan fingerprint density at radius 3 is 2.79 bits per heavy atom. The molecular formula is C20H26N6O3. The quantitative estimate of drug-likeness (QED) is 0.417. The number of hydrogen-bond acceptors (Lipinski definition) is 8. The second kappa shape index (κ2) is 9.22. The molecule has 3 N–H and O–H groups in total. The highest BCUT2D eigenvalue weighted by atomic mass is 16.5. The molecule has 3 aromatic rings. The average molecular weight is 398 g/mol. The highest BCUT2D eigenvalue weighted by Gasteiger charge is 2.16. The van der Waals surface area contributed by atoms with Crippen molar-refractivity contribution in [3.05, 3.63) is 35.7 Å². The fourth-order valence-electron chi connectivity index (χ4n) is 3.12. The molecule has 0 aliphatic heterocycles. The van der Waals surface area contributed by atoms with Crippen LogP contribution in [0.4, 0.5) is 11.8 Å². The van der Waals surface area contributed by atoms with Crippen LogP contribution in [0.5, 0.6) is 5.75 Å². The summed E-state index contributed by atoms with van der Waals surface area (Å²) in [4.78, 5) is 24.8. The Labute approximate surface area is 169 Å². The molecule has 0 bridgehead atoms. The maximum atomic E-state index is 11.8. The van der Waals surface area contributed by atoms with E-state index in [9.17, 15) is 4.79 Å². The van der Waals surface area contributed by atoms with Gasteiger partial charge in [-0.3, -0.25) is 0 Å². The number of fused-ring (bicyclic) bond motifs is 1. The Hall–Kier alpha value is -3.36. The van der Waals surface area contributed by atoms with E-state index in [-0.39, 0.29) is 5.95 Å². The fourth-order valence-corrected chi connectivity index (χ4v) is 3.12. The molecule has 0 unspecified atom stereocenters. The largest absolute Gasteiger partial charge is 0.496 e. The number of methoxy groups -OCH3 is 2. The van der Waals surface area contributed by atoms with Crippen molar-refractivity contribution in [2.45, 2.75) is 32.7 Å². The number of carbonyl (C=O) groups excluding carboxylic acids is 1. The number of nitrogens with two attached hydrogens (primary N) is 1. The van der Waals surface area contributed by atoms with Crippen LogP contribution in [0.1, 0.15) is 42.1 Å². The Morgan fingerprint density at radius 2 is 2.07 bits per heavy atom. The van der Waals surface area contributed by atoms with Gasteiger partial charge in [0.15, 0.2) is 11.5 Å². The van der Waals surface area contributed by atoms with Crippen molar-refractivity contribution in [1.29, 1.82) is 0 Å². The van der Waals surface area contributed by atoms with Gasteiger partial charge in [0, 0.05) is 12.1 Å². The molecule has 0 fully saturated rings. The number of aromatic nitrogens is 4. The first-order valence-corrected chi connectivity index (χ1v) is 9.54. The van der Waals surface area contributed by atoms with Crippen LogP contribution in [0.2, 0.25) is 0 Å². The summed E-state index contributed by atoms with van der Waals surface area (Å²) in [5.74, 6) is 1.01. The number of nitrogen functional groups attached to an aromatic ring is 1. The minimum atomic E-state index is -0.412. The first-order chi connectivity index (χ1) is 14.1. The number of esters is 1. The number of rotatable bonds is 9. The van der Waals surface area contributed by atoms with E-state index in [0.29, 0.717) is 29.3 Å². The summed E-state index contributed by atoms with van der Waals surface area (Å²) in [5, 5.41) is 3.35. The lowest BCUT2D eigenvalue weighted by molar-refractivity contribution is 0.0600. The molecule has 154 valence electrons. The summed E-state index contributed by atoms with van der Waals surface area (Å²) in [6.45, 7) is 3.43. The lowest BCUT2D eigenvalue weighted by Gasteiger charge is -2.13. The topological polar surface area (TPSA) is 117 Å². The zero-order valence-corrected chi connectivity index (χ0v) is 16.9. The third kappa shape index (κ3) is 4.56. The zero-order chi connectivity index (χ0) is 20.8. The molecule has 0 aliphatic rings. The normalized spacial score (nSPS) is 10.9. The van der Waals surface area contributed by atoms with E-state index in [1.54, 1.807) is 25.6 Å². The van der Waals surface area contributed by atoms with E-state index in [4.69, 9.17) is 15.2 Å². The summed E-state index contributed by atoms with van der Waals surface area (Å²) in [5.41, 5.74) is 8.46. The minimum Gasteiger partial charge on any atom is -0.496 e. The maximum absolute atomic E-state index is 11.8. The van der Waals surface area contributed by atoms with Crippen LogP contribution < -0.4 is 15.8 Å². The molecule has 3 rings (SSSR count). The number of ether oxygens (including phenoxy) is 2. The van der Waals surface area contributed by atoms with Gasteiger partial charge in [0.05, 0.1) is 32.7 Å². The van der Waals surface area contributed by atoms with Crippen molar-refractivity contribution in [2.75, 3.05) is 31.8 Å². The summed E-state index contributed by atoms with van der Waals surface area (Å²) in [6.07, 6.45) is 5.02. The molecule has 9 heteroatoms. The Kier molecular flexibility index (Phi) is 6.48. The first kappa shape index (κ1) is 20.4. The van der Waals surface area contributed by atoms with Gasteiger partial charge in [0.25, 0.3) is 0 Å². The number of unbranched alkanes of at least 4 members (excludes halogenated alkanes) is 2. The van der Waals surface area contributed by atoms with Crippen molar-refractivity contribution in [2.24, 2.45) is 0 Å². The SMILES string of the molecule is CCCCCNc1nc(N)nc2ncn(Cc3ccc(C(=O)OC)cc3OC)c12. The molecule has 0 radical (unpaired) electrons. The smallest absolute Gasteiger partial charge is 0.337 e. The highest BCUT2D eigenvalue weighted by Crippen LogP contribution is 2.26. The summed E-state index contributed by atoms with van der Waals surface area (Å²) in [7, 11) is 2.91.